The first kappa shape index (κ1) is 22.8. The number of rotatable bonds is 8. The van der Waals surface area contributed by atoms with Crippen LogP contribution in [0.2, 0.25) is 5.02 Å². The van der Waals surface area contributed by atoms with Gasteiger partial charge in [-0.15, -0.1) is 23.1 Å². The zero-order chi connectivity index (χ0) is 22.3. The topological polar surface area (TPSA) is 53.8 Å². The molecule has 0 aliphatic rings. The summed E-state index contributed by atoms with van der Waals surface area (Å²) in [4.78, 5) is 5.86. The van der Waals surface area contributed by atoms with Crippen molar-refractivity contribution in [3.05, 3.63) is 94.3 Å². The van der Waals surface area contributed by atoms with Gasteiger partial charge in [0.1, 0.15) is 11.1 Å². The van der Waals surface area contributed by atoms with Gasteiger partial charge in [0.25, 0.3) is 0 Å². The van der Waals surface area contributed by atoms with Gasteiger partial charge >= 0.3 is 0 Å². The van der Waals surface area contributed by atoms with Crippen LogP contribution in [0.15, 0.2) is 83.2 Å². The average molecular weight is 495 g/mol. The van der Waals surface area contributed by atoms with Gasteiger partial charge in [0.2, 0.25) is 0 Å². The number of hydrogen-bond acceptors (Lipinski definition) is 5. The van der Waals surface area contributed by atoms with Crippen molar-refractivity contribution >= 4 is 45.5 Å². The van der Waals surface area contributed by atoms with Crippen molar-refractivity contribution in [3.8, 4) is 27.8 Å². The highest BCUT2D eigenvalue weighted by Crippen LogP contribution is 2.35. The van der Waals surface area contributed by atoms with E-state index in [2.05, 4.69) is 6.07 Å². The Morgan fingerprint density at radius 2 is 1.84 bits per heavy atom. The second kappa shape index (κ2) is 10.9. The predicted molar refractivity (Wildman–Crippen MR) is 137 cm³/mol. The molecule has 0 fully saturated rings. The Morgan fingerprint density at radius 1 is 1.06 bits per heavy atom. The van der Waals surface area contributed by atoms with Gasteiger partial charge in [-0.25, -0.2) is 4.98 Å². The molecule has 0 spiro atoms. The maximum Gasteiger partial charge on any atom is 0.115 e. The molecule has 0 N–H and O–H groups in total. The first-order chi connectivity index (χ1) is 15.6. The molecule has 3 nitrogen and oxygen atoms in total. The lowest BCUT2D eigenvalue weighted by atomic mass is 10.0. The van der Waals surface area contributed by atoms with Crippen LogP contribution >= 0.6 is 34.7 Å². The summed E-state index contributed by atoms with van der Waals surface area (Å²) < 4.78 is 12.6. The number of nitrogens with zero attached hydrogens (tertiary/aromatic N) is 2. The molecule has 32 heavy (non-hydrogen) atoms. The quantitative estimate of drug-likeness (QED) is 0.246. The maximum absolute atomic E-state index is 12.6. The van der Waals surface area contributed by atoms with Crippen LogP contribution in [0, 0.1) is 11.3 Å². The van der Waals surface area contributed by atoms with E-state index in [1.54, 1.807) is 11.3 Å². The van der Waals surface area contributed by atoms with Gasteiger partial charge in [-0.1, -0.05) is 60.1 Å². The van der Waals surface area contributed by atoms with Crippen LogP contribution in [0.5, 0.6) is 0 Å². The Morgan fingerprint density at radius 3 is 2.53 bits per heavy atom. The fourth-order valence-electron chi connectivity index (χ4n) is 3.20. The predicted octanol–water partition coefficient (Wildman–Crippen LogP) is 7.04. The summed E-state index contributed by atoms with van der Waals surface area (Å²) in [6, 6.07) is 25.7. The highest BCUT2D eigenvalue weighted by Gasteiger charge is 2.16. The SMILES string of the molecule is N#Cc1c(-c2ccccc2)cc(-c2cccs2)nc1SCC[S@](=O)Cc1ccc(Cl)cc1. The summed E-state index contributed by atoms with van der Waals surface area (Å²) in [5.41, 5.74) is 4.26. The van der Waals surface area contributed by atoms with E-state index in [1.807, 2.05) is 78.2 Å². The lowest BCUT2D eigenvalue weighted by molar-refractivity contribution is 0.683. The molecule has 0 amide bonds. The van der Waals surface area contributed by atoms with E-state index in [1.165, 1.54) is 11.8 Å². The molecule has 0 radical (unpaired) electrons. The molecule has 7 heteroatoms. The van der Waals surface area contributed by atoms with Crippen LogP contribution in [0.3, 0.4) is 0 Å². The summed E-state index contributed by atoms with van der Waals surface area (Å²) in [5, 5.41) is 13.3. The van der Waals surface area contributed by atoms with E-state index in [9.17, 15) is 9.47 Å². The molecule has 0 aliphatic carbocycles. The van der Waals surface area contributed by atoms with Crippen molar-refractivity contribution in [2.75, 3.05) is 11.5 Å². The highest BCUT2D eigenvalue weighted by atomic mass is 35.5. The van der Waals surface area contributed by atoms with Crippen LogP contribution < -0.4 is 0 Å². The van der Waals surface area contributed by atoms with Crippen LogP contribution in [-0.4, -0.2) is 20.7 Å². The molecule has 2 aromatic carbocycles. The number of aromatic nitrogens is 1. The zero-order valence-electron chi connectivity index (χ0n) is 17.0. The Balaban J connectivity index is 1.56. The van der Waals surface area contributed by atoms with E-state index in [0.717, 1.165) is 27.3 Å². The average Bonchev–Trinajstić information content (AvgIpc) is 3.36. The fourth-order valence-corrected chi connectivity index (χ4v) is 6.45. The molecular weight excluding hydrogens is 476 g/mol. The molecule has 0 aliphatic heterocycles. The van der Waals surface area contributed by atoms with Crippen molar-refractivity contribution in [2.24, 2.45) is 0 Å². The molecule has 160 valence electrons. The molecule has 2 aromatic heterocycles. The normalized spacial score (nSPS) is 11.8. The van der Waals surface area contributed by atoms with Crippen molar-refractivity contribution in [3.63, 3.8) is 0 Å². The molecule has 1 atom stereocenters. The molecule has 2 heterocycles. The lowest BCUT2D eigenvalue weighted by Crippen LogP contribution is -2.04. The van der Waals surface area contributed by atoms with Crippen LogP contribution in [0.25, 0.3) is 21.7 Å². The second-order valence-corrected chi connectivity index (χ2v) is 11.0. The minimum absolute atomic E-state index is 0.487. The third kappa shape index (κ3) is 5.67. The van der Waals surface area contributed by atoms with Gasteiger partial charge in [-0.05, 0) is 40.8 Å². The third-order valence-corrected chi connectivity index (χ3v) is 8.44. The van der Waals surface area contributed by atoms with E-state index >= 15 is 0 Å². The van der Waals surface area contributed by atoms with Crippen molar-refractivity contribution < 1.29 is 4.21 Å². The standard InChI is InChI=1S/C25H19ClN2OS3/c26-20-10-8-18(9-11-20)17-32(29)14-13-31-25-22(16-27)21(19-5-2-1-3-6-19)15-23(28-25)24-7-4-12-30-24/h1-12,15H,13-14,17H2/t32-/m0/s1. The Labute approximate surface area is 203 Å². The maximum atomic E-state index is 12.6. The molecule has 0 saturated heterocycles. The molecule has 0 saturated carbocycles. The second-order valence-electron chi connectivity index (χ2n) is 6.95. The minimum atomic E-state index is -1.01. The molecular formula is C25H19ClN2OS3. The number of pyridine rings is 1. The third-order valence-electron chi connectivity index (χ3n) is 4.75. The van der Waals surface area contributed by atoms with Gasteiger partial charge < -0.3 is 0 Å². The number of benzene rings is 2. The van der Waals surface area contributed by atoms with Gasteiger partial charge in [0.05, 0.1) is 16.1 Å². The van der Waals surface area contributed by atoms with Crippen LogP contribution in [-0.2, 0) is 16.6 Å². The summed E-state index contributed by atoms with van der Waals surface area (Å²) in [6.07, 6.45) is 0. The monoisotopic (exact) mass is 494 g/mol. The Bertz CT molecular complexity index is 1250. The number of hydrogen-bond donors (Lipinski definition) is 0. The largest absolute Gasteiger partial charge is 0.259 e. The van der Waals surface area contributed by atoms with Crippen molar-refractivity contribution in [1.82, 2.24) is 4.98 Å². The number of nitriles is 1. The van der Waals surface area contributed by atoms with E-state index in [0.29, 0.717) is 32.9 Å². The fraction of sp³-hybridized carbons (Fsp3) is 0.120. The smallest absolute Gasteiger partial charge is 0.115 e. The number of thioether (sulfide) groups is 1. The van der Waals surface area contributed by atoms with Crippen molar-refractivity contribution in [2.45, 2.75) is 10.8 Å². The van der Waals surface area contributed by atoms with E-state index in [4.69, 9.17) is 16.6 Å². The van der Waals surface area contributed by atoms with Gasteiger partial charge in [0.15, 0.2) is 0 Å². The van der Waals surface area contributed by atoms with Gasteiger partial charge in [-0.2, -0.15) is 5.26 Å². The summed E-state index contributed by atoms with van der Waals surface area (Å²) in [5.74, 6) is 1.62. The van der Waals surface area contributed by atoms with E-state index < -0.39 is 10.8 Å². The molecule has 0 bridgehead atoms. The summed E-state index contributed by atoms with van der Waals surface area (Å²) in [6.45, 7) is 0. The molecule has 0 unspecified atom stereocenters. The first-order valence-electron chi connectivity index (χ1n) is 9.90. The van der Waals surface area contributed by atoms with Gasteiger partial charge in [-0.3, -0.25) is 4.21 Å². The summed E-state index contributed by atoms with van der Waals surface area (Å²) >= 11 is 9.03. The lowest BCUT2D eigenvalue weighted by Gasteiger charge is -2.12. The molecule has 4 rings (SSSR count). The van der Waals surface area contributed by atoms with Gasteiger partial charge in [0, 0.05) is 38.6 Å². The zero-order valence-corrected chi connectivity index (χ0v) is 20.2. The Hall–Kier alpha value is -2.43. The number of thiophene rings is 1. The van der Waals surface area contributed by atoms with Crippen molar-refractivity contribution in [1.29, 1.82) is 5.26 Å². The highest BCUT2D eigenvalue weighted by molar-refractivity contribution is 8.00. The molecule has 4 aromatic rings. The van der Waals surface area contributed by atoms with Crippen LogP contribution in [0.4, 0.5) is 0 Å². The Kier molecular flexibility index (Phi) is 7.77. The summed E-state index contributed by atoms with van der Waals surface area (Å²) in [7, 11) is -1.01. The van der Waals surface area contributed by atoms with Crippen LogP contribution in [0.1, 0.15) is 11.1 Å². The first-order valence-corrected chi connectivity index (χ1v) is 13.6. The minimum Gasteiger partial charge on any atom is -0.259 e. The van der Waals surface area contributed by atoms with E-state index in [-0.39, 0.29) is 0 Å². The number of halogens is 1.